The molecule has 4 nitrogen and oxygen atoms in total. The Labute approximate surface area is 194 Å². The molecule has 0 N–H and O–H groups in total. The first-order valence-electron chi connectivity index (χ1n) is 10.1. The Balaban J connectivity index is 1.44. The highest BCUT2D eigenvalue weighted by atomic mass is 35.5. The van der Waals surface area contributed by atoms with Gasteiger partial charge < -0.3 is 4.90 Å². The van der Waals surface area contributed by atoms with Gasteiger partial charge in [0.05, 0.1) is 27.5 Å². The van der Waals surface area contributed by atoms with Crippen molar-refractivity contribution in [2.24, 2.45) is 0 Å². The zero-order valence-corrected chi connectivity index (χ0v) is 19.1. The highest BCUT2D eigenvalue weighted by Crippen LogP contribution is 2.36. The number of thioether (sulfide) groups is 1. The SMILES string of the molecule is O=C(c1cccc(-c2ccc(-c3ccnn3-c3ccccc3Cl)s2)c1)N1CCSCC1. The molecule has 1 aliphatic heterocycles. The Morgan fingerprint density at radius 1 is 0.935 bits per heavy atom. The Kier molecular flexibility index (Phi) is 5.85. The summed E-state index contributed by atoms with van der Waals surface area (Å²) >= 11 is 9.98. The van der Waals surface area contributed by atoms with Crippen molar-refractivity contribution < 1.29 is 4.79 Å². The van der Waals surface area contributed by atoms with Crippen LogP contribution in [0.4, 0.5) is 0 Å². The van der Waals surface area contributed by atoms with Crippen LogP contribution in [0.1, 0.15) is 10.4 Å². The van der Waals surface area contributed by atoms with E-state index in [4.69, 9.17) is 11.6 Å². The quantitative estimate of drug-likeness (QED) is 0.365. The minimum Gasteiger partial charge on any atom is -0.337 e. The summed E-state index contributed by atoms with van der Waals surface area (Å²) < 4.78 is 1.87. The topological polar surface area (TPSA) is 38.1 Å². The lowest BCUT2D eigenvalue weighted by atomic mass is 10.1. The fourth-order valence-electron chi connectivity index (χ4n) is 3.69. The van der Waals surface area contributed by atoms with E-state index >= 15 is 0 Å². The zero-order chi connectivity index (χ0) is 21.2. The van der Waals surface area contributed by atoms with Gasteiger partial charge in [-0.3, -0.25) is 4.79 Å². The van der Waals surface area contributed by atoms with Gasteiger partial charge in [-0.05, 0) is 48.0 Å². The van der Waals surface area contributed by atoms with Gasteiger partial charge in [0.1, 0.15) is 0 Å². The van der Waals surface area contributed by atoms with E-state index in [0.29, 0.717) is 5.02 Å². The lowest BCUT2D eigenvalue weighted by Crippen LogP contribution is -2.37. The van der Waals surface area contributed by atoms with Gasteiger partial charge in [-0.15, -0.1) is 11.3 Å². The molecule has 3 heterocycles. The average molecular weight is 466 g/mol. The summed E-state index contributed by atoms with van der Waals surface area (Å²) in [6, 6.07) is 21.8. The Morgan fingerprint density at radius 2 is 1.74 bits per heavy atom. The van der Waals surface area contributed by atoms with Crippen LogP contribution in [-0.4, -0.2) is 45.2 Å². The molecule has 0 saturated carbocycles. The molecule has 1 saturated heterocycles. The van der Waals surface area contributed by atoms with Crippen molar-refractivity contribution in [3.05, 3.63) is 83.5 Å². The lowest BCUT2D eigenvalue weighted by Gasteiger charge is -2.26. The maximum atomic E-state index is 12.9. The second kappa shape index (κ2) is 8.91. The minimum atomic E-state index is 0.121. The van der Waals surface area contributed by atoms with E-state index in [1.165, 1.54) is 0 Å². The van der Waals surface area contributed by atoms with Gasteiger partial charge in [0.2, 0.25) is 0 Å². The number of aromatic nitrogens is 2. The highest BCUT2D eigenvalue weighted by molar-refractivity contribution is 7.99. The predicted octanol–water partition coefficient (Wildman–Crippen LogP) is 6.11. The van der Waals surface area contributed by atoms with Crippen LogP contribution in [0.2, 0.25) is 5.02 Å². The number of carbonyl (C=O) groups excluding carboxylic acids is 1. The van der Waals surface area contributed by atoms with Crippen LogP contribution in [0, 0.1) is 0 Å². The maximum absolute atomic E-state index is 12.9. The number of halogens is 1. The molecule has 0 unspecified atom stereocenters. The van der Waals surface area contributed by atoms with Crippen LogP contribution < -0.4 is 0 Å². The average Bonchev–Trinajstić information content (AvgIpc) is 3.49. The molecule has 0 spiro atoms. The summed E-state index contributed by atoms with van der Waals surface area (Å²) in [5.74, 6) is 2.15. The van der Waals surface area contributed by atoms with Crippen molar-refractivity contribution >= 4 is 40.6 Å². The number of nitrogens with zero attached hydrogens (tertiary/aromatic N) is 3. The lowest BCUT2D eigenvalue weighted by molar-refractivity contribution is 0.0772. The first-order valence-corrected chi connectivity index (χ1v) is 12.4. The van der Waals surface area contributed by atoms with Crippen LogP contribution in [0.5, 0.6) is 0 Å². The van der Waals surface area contributed by atoms with Crippen molar-refractivity contribution in [1.29, 1.82) is 0 Å². The van der Waals surface area contributed by atoms with Crippen LogP contribution in [0.15, 0.2) is 72.9 Å². The van der Waals surface area contributed by atoms with Crippen molar-refractivity contribution in [3.8, 4) is 26.7 Å². The minimum absolute atomic E-state index is 0.121. The molecule has 2 aromatic carbocycles. The fraction of sp³-hybridized carbons (Fsp3) is 0.167. The maximum Gasteiger partial charge on any atom is 0.253 e. The Bertz CT molecular complexity index is 1230. The molecular formula is C24H20ClN3OS2. The number of para-hydroxylation sites is 1. The molecule has 5 rings (SSSR count). The molecule has 0 bridgehead atoms. The largest absolute Gasteiger partial charge is 0.337 e. The number of hydrogen-bond donors (Lipinski definition) is 0. The van der Waals surface area contributed by atoms with Crippen LogP contribution in [0.25, 0.3) is 26.7 Å². The van der Waals surface area contributed by atoms with Gasteiger partial charge in [0.25, 0.3) is 5.91 Å². The molecule has 2 aromatic heterocycles. The second-order valence-corrected chi connectivity index (χ2v) is 9.94. The highest BCUT2D eigenvalue weighted by Gasteiger charge is 2.19. The van der Waals surface area contributed by atoms with E-state index in [2.05, 4.69) is 23.3 Å². The summed E-state index contributed by atoms with van der Waals surface area (Å²) in [6.07, 6.45) is 1.79. The Hall–Kier alpha value is -2.54. The van der Waals surface area contributed by atoms with Gasteiger partial charge in [0, 0.05) is 35.0 Å². The van der Waals surface area contributed by atoms with Crippen molar-refractivity contribution in [3.63, 3.8) is 0 Å². The van der Waals surface area contributed by atoms with Gasteiger partial charge in [-0.1, -0.05) is 35.9 Å². The molecule has 1 fully saturated rings. The van der Waals surface area contributed by atoms with Crippen molar-refractivity contribution in [1.82, 2.24) is 14.7 Å². The normalized spacial score (nSPS) is 14.0. The van der Waals surface area contributed by atoms with E-state index in [9.17, 15) is 4.79 Å². The molecular weight excluding hydrogens is 446 g/mol. The summed E-state index contributed by atoms with van der Waals surface area (Å²) in [5.41, 5.74) is 3.64. The third kappa shape index (κ3) is 4.15. The van der Waals surface area contributed by atoms with Crippen LogP contribution >= 0.6 is 34.7 Å². The van der Waals surface area contributed by atoms with Crippen molar-refractivity contribution in [2.75, 3.05) is 24.6 Å². The predicted molar refractivity (Wildman–Crippen MR) is 131 cm³/mol. The number of rotatable bonds is 4. The number of amides is 1. The van der Waals surface area contributed by atoms with E-state index in [0.717, 1.165) is 56.9 Å². The molecule has 31 heavy (non-hydrogen) atoms. The number of hydrogen-bond acceptors (Lipinski definition) is 4. The van der Waals surface area contributed by atoms with E-state index in [1.54, 1.807) is 17.5 Å². The molecule has 0 radical (unpaired) electrons. The van der Waals surface area contributed by atoms with Crippen LogP contribution in [0.3, 0.4) is 0 Å². The molecule has 1 amide bonds. The molecule has 4 aromatic rings. The third-order valence-electron chi connectivity index (χ3n) is 5.27. The monoisotopic (exact) mass is 465 g/mol. The molecule has 1 aliphatic rings. The number of benzene rings is 2. The fourth-order valence-corrected chi connectivity index (χ4v) is 5.82. The van der Waals surface area contributed by atoms with Gasteiger partial charge in [0.15, 0.2) is 0 Å². The van der Waals surface area contributed by atoms with Crippen molar-refractivity contribution in [2.45, 2.75) is 0 Å². The summed E-state index contributed by atoms with van der Waals surface area (Å²) in [6.45, 7) is 1.64. The summed E-state index contributed by atoms with van der Waals surface area (Å²) in [7, 11) is 0. The third-order valence-corrected chi connectivity index (χ3v) is 7.69. The molecule has 0 aliphatic carbocycles. The molecule has 7 heteroatoms. The number of thiophene rings is 1. The molecule has 0 atom stereocenters. The van der Waals surface area contributed by atoms with Gasteiger partial charge in [-0.25, -0.2) is 4.68 Å². The van der Waals surface area contributed by atoms with E-state index < -0.39 is 0 Å². The smallest absolute Gasteiger partial charge is 0.253 e. The van der Waals surface area contributed by atoms with Gasteiger partial charge >= 0.3 is 0 Å². The second-order valence-electron chi connectivity index (χ2n) is 7.23. The summed E-state index contributed by atoms with van der Waals surface area (Å²) in [5, 5.41) is 5.14. The van der Waals surface area contributed by atoms with E-state index in [-0.39, 0.29) is 5.91 Å². The van der Waals surface area contributed by atoms with Crippen LogP contribution in [-0.2, 0) is 0 Å². The molecule has 156 valence electrons. The first kappa shape index (κ1) is 20.4. The Morgan fingerprint density at radius 3 is 2.58 bits per heavy atom. The van der Waals surface area contributed by atoms with Gasteiger partial charge in [-0.2, -0.15) is 16.9 Å². The van der Waals surface area contributed by atoms with E-state index in [1.807, 2.05) is 69.9 Å². The summed E-state index contributed by atoms with van der Waals surface area (Å²) in [4.78, 5) is 17.1. The number of carbonyl (C=O) groups is 1. The standard InChI is InChI=1S/C24H20ClN3OS2/c25-19-6-1-2-7-20(19)28-21(10-11-26-28)23-9-8-22(31-23)17-4-3-5-18(16-17)24(29)27-12-14-30-15-13-27/h1-11,16H,12-15H2. The zero-order valence-electron chi connectivity index (χ0n) is 16.7. The first-order chi connectivity index (χ1) is 15.2.